The zero-order valence-corrected chi connectivity index (χ0v) is 10.6. The van der Waals surface area contributed by atoms with Crippen molar-refractivity contribution < 1.29 is 13.9 Å². The normalized spacial score (nSPS) is 12.2. The zero-order chi connectivity index (χ0) is 12.8. The fourth-order valence-corrected chi connectivity index (χ4v) is 1.64. The number of halogens is 1. The van der Waals surface area contributed by atoms with Crippen molar-refractivity contribution in [2.45, 2.75) is 26.7 Å². The second-order valence-electron chi connectivity index (χ2n) is 4.23. The van der Waals surface area contributed by atoms with Gasteiger partial charge in [-0.25, -0.2) is 4.39 Å². The Morgan fingerprint density at radius 2 is 2.06 bits per heavy atom. The smallest absolute Gasteiger partial charge is 0.167 e. The van der Waals surface area contributed by atoms with Gasteiger partial charge in [0.1, 0.15) is 5.75 Å². The second-order valence-corrected chi connectivity index (χ2v) is 4.23. The zero-order valence-electron chi connectivity index (χ0n) is 10.6. The van der Waals surface area contributed by atoms with Crippen LogP contribution in [0.1, 0.15) is 26.7 Å². The number of ether oxygens (including phenoxy) is 2. The van der Waals surface area contributed by atoms with Crippen molar-refractivity contribution in [2.75, 3.05) is 19.5 Å². The van der Waals surface area contributed by atoms with E-state index in [0.29, 0.717) is 24.0 Å². The molecule has 0 aliphatic heterocycles. The van der Waals surface area contributed by atoms with Gasteiger partial charge in [0.25, 0.3) is 0 Å². The Labute approximate surface area is 102 Å². The molecule has 4 heteroatoms. The van der Waals surface area contributed by atoms with Gasteiger partial charge in [0.05, 0.1) is 19.4 Å². The van der Waals surface area contributed by atoms with Crippen LogP contribution in [-0.4, -0.2) is 13.7 Å². The third-order valence-electron chi connectivity index (χ3n) is 2.59. The molecule has 1 aromatic carbocycles. The number of benzene rings is 1. The van der Waals surface area contributed by atoms with Crippen molar-refractivity contribution >= 4 is 5.69 Å². The minimum absolute atomic E-state index is 0.150. The van der Waals surface area contributed by atoms with Gasteiger partial charge in [0.15, 0.2) is 11.6 Å². The molecule has 0 fully saturated rings. The van der Waals surface area contributed by atoms with Crippen LogP contribution >= 0.6 is 0 Å². The fraction of sp³-hybridized carbons (Fsp3) is 0.538. The van der Waals surface area contributed by atoms with Gasteiger partial charge >= 0.3 is 0 Å². The first-order chi connectivity index (χ1) is 8.08. The first-order valence-corrected chi connectivity index (χ1v) is 5.84. The first kappa shape index (κ1) is 13.6. The molecular weight excluding hydrogens is 221 g/mol. The minimum atomic E-state index is -0.473. The van der Waals surface area contributed by atoms with Crippen LogP contribution in [0.5, 0.6) is 11.5 Å². The highest BCUT2D eigenvalue weighted by molar-refractivity contribution is 5.56. The van der Waals surface area contributed by atoms with E-state index in [4.69, 9.17) is 15.2 Å². The highest BCUT2D eigenvalue weighted by Crippen LogP contribution is 2.30. The van der Waals surface area contributed by atoms with E-state index in [1.165, 1.54) is 19.2 Å². The van der Waals surface area contributed by atoms with Crippen molar-refractivity contribution in [3.8, 4) is 11.5 Å². The number of anilines is 1. The summed E-state index contributed by atoms with van der Waals surface area (Å²) in [5.41, 5.74) is 5.98. The average molecular weight is 241 g/mol. The highest BCUT2D eigenvalue weighted by Gasteiger charge is 2.10. The molecule has 0 aromatic heterocycles. The maximum absolute atomic E-state index is 13.3. The maximum Gasteiger partial charge on any atom is 0.167 e. The summed E-state index contributed by atoms with van der Waals surface area (Å²) in [6.07, 6.45) is 2.21. The number of nitrogen functional groups attached to an aromatic ring is 1. The lowest BCUT2D eigenvalue weighted by atomic mass is 10.1. The monoisotopic (exact) mass is 241 g/mol. The van der Waals surface area contributed by atoms with Crippen molar-refractivity contribution in [1.82, 2.24) is 0 Å². The Kier molecular flexibility index (Phi) is 5.07. The van der Waals surface area contributed by atoms with Gasteiger partial charge in [0.2, 0.25) is 0 Å². The number of hydrogen-bond acceptors (Lipinski definition) is 3. The third-order valence-corrected chi connectivity index (χ3v) is 2.59. The largest absolute Gasteiger partial charge is 0.494 e. The summed E-state index contributed by atoms with van der Waals surface area (Å²) in [7, 11) is 1.41. The summed E-state index contributed by atoms with van der Waals surface area (Å²) >= 11 is 0. The molecular formula is C13H20FNO2. The fourth-order valence-electron chi connectivity index (χ4n) is 1.64. The molecule has 0 bridgehead atoms. The number of methoxy groups -OCH3 is 1. The molecule has 0 amide bonds. The number of nitrogens with two attached hydrogens (primary N) is 1. The molecule has 1 unspecified atom stereocenters. The summed E-state index contributed by atoms with van der Waals surface area (Å²) in [6, 6.07) is 2.71. The summed E-state index contributed by atoms with van der Waals surface area (Å²) in [4.78, 5) is 0. The first-order valence-electron chi connectivity index (χ1n) is 5.84. The van der Waals surface area contributed by atoms with E-state index in [2.05, 4.69) is 13.8 Å². The molecule has 0 radical (unpaired) electrons. The quantitative estimate of drug-likeness (QED) is 0.778. The molecule has 17 heavy (non-hydrogen) atoms. The summed E-state index contributed by atoms with van der Waals surface area (Å²) in [5, 5.41) is 0. The minimum Gasteiger partial charge on any atom is -0.494 e. The lowest BCUT2D eigenvalue weighted by Gasteiger charge is -2.14. The molecule has 1 rings (SSSR count). The third kappa shape index (κ3) is 3.80. The molecule has 3 nitrogen and oxygen atoms in total. The molecule has 96 valence electrons. The van der Waals surface area contributed by atoms with Crippen molar-refractivity contribution in [3.05, 3.63) is 17.9 Å². The molecule has 0 spiro atoms. The molecule has 0 saturated carbocycles. The Morgan fingerprint density at radius 3 is 2.65 bits per heavy atom. The van der Waals surface area contributed by atoms with Crippen LogP contribution in [0.25, 0.3) is 0 Å². The van der Waals surface area contributed by atoms with E-state index >= 15 is 0 Å². The number of rotatable bonds is 6. The molecule has 2 N–H and O–H groups in total. The van der Waals surface area contributed by atoms with E-state index in [1.54, 1.807) is 0 Å². The van der Waals surface area contributed by atoms with Crippen LogP contribution in [-0.2, 0) is 0 Å². The van der Waals surface area contributed by atoms with Gasteiger partial charge < -0.3 is 15.2 Å². The van der Waals surface area contributed by atoms with Crippen LogP contribution in [0.15, 0.2) is 12.1 Å². The van der Waals surface area contributed by atoms with Crippen LogP contribution < -0.4 is 15.2 Å². The Hall–Kier alpha value is -1.45. The molecule has 1 aromatic rings. The van der Waals surface area contributed by atoms with E-state index in [-0.39, 0.29) is 5.75 Å². The predicted molar refractivity (Wildman–Crippen MR) is 66.9 cm³/mol. The standard InChI is InChI=1S/C13H20FNO2/c1-4-5-9(2)8-17-13-7-12(16-3)10(14)6-11(13)15/h6-7,9H,4-5,8,15H2,1-3H3. The van der Waals surface area contributed by atoms with Gasteiger partial charge in [-0.1, -0.05) is 20.3 Å². The van der Waals surface area contributed by atoms with E-state index in [0.717, 1.165) is 12.8 Å². The van der Waals surface area contributed by atoms with E-state index in [9.17, 15) is 4.39 Å². The lowest BCUT2D eigenvalue weighted by Crippen LogP contribution is -2.09. The van der Waals surface area contributed by atoms with Gasteiger partial charge in [-0.3, -0.25) is 0 Å². The van der Waals surface area contributed by atoms with Crippen LogP contribution in [0, 0.1) is 11.7 Å². The Morgan fingerprint density at radius 1 is 1.35 bits per heavy atom. The summed E-state index contributed by atoms with van der Waals surface area (Å²) in [5.74, 6) is 0.609. The van der Waals surface area contributed by atoms with Crippen LogP contribution in [0.3, 0.4) is 0 Å². The van der Waals surface area contributed by atoms with E-state index in [1.807, 2.05) is 0 Å². The van der Waals surface area contributed by atoms with E-state index < -0.39 is 5.82 Å². The van der Waals surface area contributed by atoms with Crippen molar-refractivity contribution in [2.24, 2.45) is 5.92 Å². The van der Waals surface area contributed by atoms with Gasteiger partial charge in [-0.15, -0.1) is 0 Å². The Balaban J connectivity index is 2.70. The summed E-state index contributed by atoms with van der Waals surface area (Å²) in [6.45, 7) is 4.82. The lowest BCUT2D eigenvalue weighted by molar-refractivity contribution is 0.251. The topological polar surface area (TPSA) is 44.5 Å². The molecule has 0 aliphatic rings. The molecule has 1 atom stereocenters. The van der Waals surface area contributed by atoms with Crippen LogP contribution in [0.4, 0.5) is 10.1 Å². The molecule has 0 saturated heterocycles. The Bertz CT molecular complexity index is 369. The summed E-state index contributed by atoms with van der Waals surface area (Å²) < 4.78 is 23.8. The van der Waals surface area contributed by atoms with Crippen molar-refractivity contribution in [3.63, 3.8) is 0 Å². The van der Waals surface area contributed by atoms with Crippen LogP contribution in [0.2, 0.25) is 0 Å². The SMILES string of the molecule is CCCC(C)COc1cc(OC)c(F)cc1N. The molecule has 0 aliphatic carbocycles. The average Bonchev–Trinajstić information content (AvgIpc) is 2.28. The van der Waals surface area contributed by atoms with Gasteiger partial charge in [-0.2, -0.15) is 0 Å². The predicted octanol–water partition coefficient (Wildman–Crippen LogP) is 3.23. The second kappa shape index (κ2) is 6.33. The van der Waals surface area contributed by atoms with Gasteiger partial charge in [-0.05, 0) is 12.3 Å². The van der Waals surface area contributed by atoms with Gasteiger partial charge in [0, 0.05) is 12.1 Å². The highest BCUT2D eigenvalue weighted by atomic mass is 19.1. The maximum atomic E-state index is 13.3. The number of hydrogen-bond donors (Lipinski definition) is 1. The molecule has 0 heterocycles. The van der Waals surface area contributed by atoms with Crippen molar-refractivity contribution in [1.29, 1.82) is 0 Å².